The van der Waals surface area contributed by atoms with Crippen molar-refractivity contribution in [1.29, 1.82) is 0 Å². The average molecular weight is 345 g/mol. The standard InChI is InChI=1S/C21H19N3O2/c25-20-17(13-22-19-7-3-4-12-23(19)20)21(26)24(15-9-10-15)18-11-8-14-5-1-2-6-16(14)18/h1-7,12-13,15,18H,8-11H2/t18-/m0/s1. The summed E-state index contributed by atoms with van der Waals surface area (Å²) in [6, 6.07) is 14.0. The lowest BCUT2D eigenvalue weighted by molar-refractivity contribution is 0.0655. The van der Waals surface area contributed by atoms with E-state index in [1.54, 1.807) is 18.3 Å². The molecule has 0 N–H and O–H groups in total. The van der Waals surface area contributed by atoms with Crippen molar-refractivity contribution < 1.29 is 4.79 Å². The van der Waals surface area contributed by atoms with E-state index in [4.69, 9.17) is 0 Å². The Balaban J connectivity index is 1.58. The minimum atomic E-state index is -0.294. The topological polar surface area (TPSA) is 54.7 Å². The highest BCUT2D eigenvalue weighted by Crippen LogP contribution is 2.42. The summed E-state index contributed by atoms with van der Waals surface area (Å²) in [4.78, 5) is 32.5. The predicted octanol–water partition coefficient (Wildman–Crippen LogP) is 2.99. The number of aryl methyl sites for hydroxylation is 1. The van der Waals surface area contributed by atoms with Gasteiger partial charge in [0.1, 0.15) is 11.2 Å². The molecule has 0 saturated heterocycles. The molecule has 2 aliphatic rings. The van der Waals surface area contributed by atoms with Gasteiger partial charge >= 0.3 is 0 Å². The van der Waals surface area contributed by atoms with E-state index < -0.39 is 0 Å². The molecular formula is C21H19N3O2. The Morgan fingerprint density at radius 1 is 1.08 bits per heavy atom. The summed E-state index contributed by atoms with van der Waals surface area (Å²) < 4.78 is 1.45. The molecule has 5 heteroatoms. The third-order valence-corrected chi connectivity index (χ3v) is 5.46. The molecule has 1 aromatic carbocycles. The molecule has 5 nitrogen and oxygen atoms in total. The third-order valence-electron chi connectivity index (χ3n) is 5.46. The summed E-state index contributed by atoms with van der Waals surface area (Å²) in [5.41, 5.74) is 2.95. The minimum Gasteiger partial charge on any atom is -0.328 e. The summed E-state index contributed by atoms with van der Waals surface area (Å²) in [6.45, 7) is 0. The van der Waals surface area contributed by atoms with Crippen LogP contribution in [-0.2, 0) is 6.42 Å². The molecule has 0 spiro atoms. The molecule has 5 rings (SSSR count). The molecule has 1 atom stereocenters. The van der Waals surface area contributed by atoms with Crippen LogP contribution in [0.25, 0.3) is 5.65 Å². The lowest BCUT2D eigenvalue weighted by atomic mass is 10.1. The lowest BCUT2D eigenvalue weighted by Crippen LogP contribution is -2.39. The van der Waals surface area contributed by atoms with Gasteiger partial charge in [-0.05, 0) is 48.9 Å². The van der Waals surface area contributed by atoms with Gasteiger partial charge in [0.05, 0.1) is 6.04 Å². The molecule has 26 heavy (non-hydrogen) atoms. The Kier molecular flexibility index (Phi) is 3.42. The van der Waals surface area contributed by atoms with Crippen LogP contribution in [-0.4, -0.2) is 26.2 Å². The maximum Gasteiger partial charge on any atom is 0.270 e. The second kappa shape index (κ2) is 5.80. The van der Waals surface area contributed by atoms with Crippen molar-refractivity contribution in [2.75, 3.05) is 0 Å². The summed E-state index contributed by atoms with van der Waals surface area (Å²) in [5.74, 6) is -0.190. The van der Waals surface area contributed by atoms with Gasteiger partial charge in [-0.2, -0.15) is 0 Å². The molecule has 1 fully saturated rings. The highest BCUT2D eigenvalue weighted by atomic mass is 16.2. The summed E-state index contributed by atoms with van der Waals surface area (Å²) in [5, 5.41) is 0. The van der Waals surface area contributed by atoms with E-state index in [-0.39, 0.29) is 29.1 Å². The number of hydrogen-bond donors (Lipinski definition) is 0. The molecule has 0 unspecified atom stereocenters. The number of nitrogens with zero attached hydrogens (tertiary/aromatic N) is 3. The molecular weight excluding hydrogens is 326 g/mol. The van der Waals surface area contributed by atoms with Gasteiger partial charge in [0.25, 0.3) is 11.5 Å². The Morgan fingerprint density at radius 2 is 1.88 bits per heavy atom. The zero-order valence-corrected chi connectivity index (χ0v) is 14.3. The van der Waals surface area contributed by atoms with Crippen LogP contribution in [0.2, 0.25) is 0 Å². The monoisotopic (exact) mass is 345 g/mol. The molecule has 0 aliphatic heterocycles. The van der Waals surface area contributed by atoms with Gasteiger partial charge in [0, 0.05) is 18.4 Å². The van der Waals surface area contributed by atoms with Crippen molar-refractivity contribution in [3.8, 4) is 0 Å². The van der Waals surface area contributed by atoms with Crippen LogP contribution in [0.4, 0.5) is 0 Å². The first-order valence-corrected chi connectivity index (χ1v) is 9.11. The quantitative estimate of drug-likeness (QED) is 0.733. The molecule has 2 heterocycles. The van der Waals surface area contributed by atoms with E-state index in [1.807, 2.05) is 23.1 Å². The van der Waals surface area contributed by atoms with Crippen LogP contribution in [0.3, 0.4) is 0 Å². The van der Waals surface area contributed by atoms with Gasteiger partial charge < -0.3 is 4.90 Å². The molecule has 2 aromatic heterocycles. The second-order valence-corrected chi connectivity index (χ2v) is 7.10. The highest BCUT2D eigenvalue weighted by Gasteiger charge is 2.41. The number of aromatic nitrogens is 2. The normalized spacial score (nSPS) is 18.7. The van der Waals surface area contributed by atoms with Gasteiger partial charge in [-0.3, -0.25) is 14.0 Å². The van der Waals surface area contributed by atoms with Crippen LogP contribution < -0.4 is 5.56 Å². The van der Waals surface area contributed by atoms with E-state index in [9.17, 15) is 9.59 Å². The van der Waals surface area contributed by atoms with E-state index in [0.717, 1.165) is 25.7 Å². The van der Waals surface area contributed by atoms with Gasteiger partial charge in [0.2, 0.25) is 0 Å². The molecule has 0 radical (unpaired) electrons. The summed E-state index contributed by atoms with van der Waals surface area (Å²) in [6.07, 6.45) is 7.01. The van der Waals surface area contributed by atoms with E-state index >= 15 is 0 Å². The van der Waals surface area contributed by atoms with Crippen molar-refractivity contribution in [3.63, 3.8) is 0 Å². The fraction of sp³-hybridized carbons (Fsp3) is 0.286. The van der Waals surface area contributed by atoms with E-state index in [2.05, 4.69) is 17.1 Å². The molecule has 2 aliphatic carbocycles. The fourth-order valence-electron chi connectivity index (χ4n) is 4.05. The van der Waals surface area contributed by atoms with Gasteiger partial charge in [-0.25, -0.2) is 4.98 Å². The van der Waals surface area contributed by atoms with Crippen molar-refractivity contribution >= 4 is 11.6 Å². The summed E-state index contributed by atoms with van der Waals surface area (Å²) >= 11 is 0. The van der Waals surface area contributed by atoms with Gasteiger partial charge in [0.15, 0.2) is 0 Å². The van der Waals surface area contributed by atoms with Crippen LogP contribution in [0, 0.1) is 0 Å². The Bertz CT molecular complexity index is 1070. The van der Waals surface area contributed by atoms with Gasteiger partial charge in [-0.15, -0.1) is 0 Å². The lowest BCUT2D eigenvalue weighted by Gasteiger charge is -2.29. The van der Waals surface area contributed by atoms with Crippen molar-refractivity contribution in [3.05, 3.63) is 81.9 Å². The SMILES string of the molecule is O=C(c1cnc2ccccn2c1=O)N(C1CC1)[C@H]1CCc2ccccc21. The number of fused-ring (bicyclic) bond motifs is 2. The predicted molar refractivity (Wildman–Crippen MR) is 98.2 cm³/mol. The Hall–Kier alpha value is -2.95. The number of carbonyl (C=O) groups is 1. The van der Waals surface area contributed by atoms with Crippen LogP contribution >= 0.6 is 0 Å². The molecule has 3 aromatic rings. The first-order chi connectivity index (χ1) is 12.7. The zero-order chi connectivity index (χ0) is 17.7. The minimum absolute atomic E-state index is 0.0575. The molecule has 130 valence electrons. The number of carbonyl (C=O) groups excluding carboxylic acids is 1. The van der Waals surface area contributed by atoms with Crippen molar-refractivity contribution in [2.24, 2.45) is 0 Å². The number of hydrogen-bond acceptors (Lipinski definition) is 3. The zero-order valence-electron chi connectivity index (χ0n) is 14.3. The first kappa shape index (κ1) is 15.3. The number of pyridine rings is 1. The van der Waals surface area contributed by atoms with Crippen LogP contribution in [0.1, 0.15) is 46.8 Å². The number of benzene rings is 1. The molecule has 1 saturated carbocycles. The maximum absolute atomic E-state index is 13.4. The number of amides is 1. The van der Waals surface area contributed by atoms with Crippen molar-refractivity contribution in [2.45, 2.75) is 37.8 Å². The average Bonchev–Trinajstić information content (AvgIpc) is 3.42. The fourth-order valence-corrected chi connectivity index (χ4v) is 4.05. The smallest absolute Gasteiger partial charge is 0.270 e. The molecule has 0 bridgehead atoms. The highest BCUT2D eigenvalue weighted by molar-refractivity contribution is 5.94. The van der Waals surface area contributed by atoms with E-state index in [1.165, 1.54) is 21.7 Å². The largest absolute Gasteiger partial charge is 0.328 e. The second-order valence-electron chi connectivity index (χ2n) is 7.10. The Morgan fingerprint density at radius 3 is 2.73 bits per heavy atom. The number of rotatable bonds is 3. The maximum atomic E-state index is 13.4. The van der Waals surface area contributed by atoms with E-state index in [0.29, 0.717) is 5.65 Å². The Labute approximate surface area is 150 Å². The van der Waals surface area contributed by atoms with Crippen LogP contribution in [0.5, 0.6) is 0 Å². The third kappa shape index (κ3) is 2.35. The first-order valence-electron chi connectivity index (χ1n) is 9.11. The molecule has 1 amide bonds. The summed E-state index contributed by atoms with van der Waals surface area (Å²) in [7, 11) is 0. The van der Waals surface area contributed by atoms with Gasteiger partial charge in [-0.1, -0.05) is 30.3 Å². The van der Waals surface area contributed by atoms with Crippen LogP contribution in [0.15, 0.2) is 59.7 Å². The van der Waals surface area contributed by atoms with Crippen molar-refractivity contribution in [1.82, 2.24) is 14.3 Å².